The van der Waals surface area contributed by atoms with E-state index in [9.17, 15) is 4.79 Å². The smallest absolute Gasteiger partial charge is 0.307 e. The highest BCUT2D eigenvalue weighted by Gasteiger charge is 1.99. The second-order valence-electron chi connectivity index (χ2n) is 4.61. The van der Waals surface area contributed by atoms with Crippen LogP contribution in [0.3, 0.4) is 0 Å². The topological polar surface area (TPSA) is 49.3 Å². The lowest BCUT2D eigenvalue weighted by Crippen LogP contribution is -2.03. The number of aliphatic carboxylic acids is 1. The quantitative estimate of drug-likeness (QED) is 0.656. The van der Waals surface area contributed by atoms with E-state index in [0.29, 0.717) is 0 Å². The van der Waals surface area contributed by atoms with Crippen molar-refractivity contribution in [2.75, 3.05) is 11.9 Å². The summed E-state index contributed by atoms with van der Waals surface area (Å²) in [5, 5.41) is 12.0. The largest absolute Gasteiger partial charge is 0.481 e. The minimum atomic E-state index is -0.786. The van der Waals surface area contributed by atoms with Crippen LogP contribution in [0.25, 0.3) is 0 Å². The molecule has 0 heterocycles. The Morgan fingerprint density at radius 1 is 1.11 bits per heavy atom. The average Bonchev–Trinajstić information content (AvgIpc) is 2.35. The number of hydrogen-bond donors (Lipinski definition) is 2. The van der Waals surface area contributed by atoms with E-state index in [-0.39, 0.29) is 6.42 Å². The van der Waals surface area contributed by atoms with Crippen molar-refractivity contribution in [2.45, 2.75) is 45.4 Å². The van der Waals surface area contributed by atoms with E-state index in [4.69, 9.17) is 5.11 Å². The first kappa shape index (κ1) is 14.6. The normalized spacial score (nSPS) is 10.3. The maximum atomic E-state index is 10.5. The lowest BCUT2D eigenvalue weighted by atomic mass is 10.1. The Morgan fingerprint density at radius 2 is 1.78 bits per heavy atom. The Labute approximate surface area is 109 Å². The van der Waals surface area contributed by atoms with E-state index < -0.39 is 5.97 Å². The van der Waals surface area contributed by atoms with E-state index in [0.717, 1.165) is 17.8 Å². The van der Waals surface area contributed by atoms with Crippen LogP contribution >= 0.6 is 0 Å². The van der Waals surface area contributed by atoms with E-state index in [1.807, 2.05) is 24.3 Å². The molecule has 0 aliphatic heterocycles. The molecule has 0 fully saturated rings. The Hall–Kier alpha value is -1.51. The highest BCUT2D eigenvalue weighted by molar-refractivity contribution is 5.70. The van der Waals surface area contributed by atoms with E-state index in [1.165, 1.54) is 32.1 Å². The Morgan fingerprint density at radius 3 is 2.39 bits per heavy atom. The van der Waals surface area contributed by atoms with Crippen LogP contribution in [0.4, 0.5) is 5.69 Å². The average molecular weight is 249 g/mol. The van der Waals surface area contributed by atoms with Crippen molar-refractivity contribution in [3.63, 3.8) is 0 Å². The zero-order valence-corrected chi connectivity index (χ0v) is 11.1. The molecule has 0 radical (unpaired) electrons. The van der Waals surface area contributed by atoms with Crippen molar-refractivity contribution in [3.8, 4) is 0 Å². The van der Waals surface area contributed by atoms with Gasteiger partial charge in [-0.3, -0.25) is 4.79 Å². The SMILES string of the molecule is CCCCCCCNc1ccc(CC(=O)O)cc1. The van der Waals surface area contributed by atoms with Gasteiger partial charge in [0, 0.05) is 12.2 Å². The number of carbonyl (C=O) groups is 1. The van der Waals surface area contributed by atoms with Crippen LogP contribution in [-0.4, -0.2) is 17.6 Å². The standard InChI is InChI=1S/C15H23NO2/c1-2-3-4-5-6-11-16-14-9-7-13(8-10-14)12-15(17)18/h7-10,16H,2-6,11-12H2,1H3,(H,17,18). The summed E-state index contributed by atoms with van der Waals surface area (Å²) in [7, 11) is 0. The predicted octanol–water partition coefficient (Wildman–Crippen LogP) is 3.70. The van der Waals surface area contributed by atoms with E-state index in [2.05, 4.69) is 12.2 Å². The number of carboxylic acids is 1. The fourth-order valence-corrected chi connectivity index (χ4v) is 1.88. The van der Waals surface area contributed by atoms with Gasteiger partial charge in [0.05, 0.1) is 6.42 Å². The maximum absolute atomic E-state index is 10.5. The number of hydrogen-bond acceptors (Lipinski definition) is 2. The van der Waals surface area contributed by atoms with Gasteiger partial charge in [-0.1, -0.05) is 44.7 Å². The Bertz CT molecular complexity index is 346. The fraction of sp³-hybridized carbons (Fsp3) is 0.533. The van der Waals surface area contributed by atoms with Crippen LogP contribution in [0, 0.1) is 0 Å². The minimum absolute atomic E-state index is 0.0945. The van der Waals surface area contributed by atoms with Crippen molar-refractivity contribution < 1.29 is 9.90 Å². The zero-order chi connectivity index (χ0) is 13.2. The molecule has 0 aromatic heterocycles. The molecule has 0 unspecified atom stereocenters. The van der Waals surface area contributed by atoms with Crippen molar-refractivity contribution in [1.29, 1.82) is 0 Å². The van der Waals surface area contributed by atoms with Gasteiger partial charge in [-0.05, 0) is 24.1 Å². The molecular weight excluding hydrogens is 226 g/mol. The molecular formula is C15H23NO2. The number of carboxylic acid groups (broad SMARTS) is 1. The van der Waals surface area contributed by atoms with Gasteiger partial charge in [-0.15, -0.1) is 0 Å². The third kappa shape index (κ3) is 6.28. The number of anilines is 1. The highest BCUT2D eigenvalue weighted by atomic mass is 16.4. The predicted molar refractivity (Wildman–Crippen MR) is 75.0 cm³/mol. The van der Waals surface area contributed by atoms with Crippen molar-refractivity contribution in [1.82, 2.24) is 0 Å². The zero-order valence-electron chi connectivity index (χ0n) is 11.1. The second kappa shape index (κ2) is 8.56. The van der Waals surface area contributed by atoms with Gasteiger partial charge in [-0.25, -0.2) is 0 Å². The summed E-state index contributed by atoms with van der Waals surface area (Å²) >= 11 is 0. The molecule has 0 saturated carbocycles. The molecule has 0 aliphatic rings. The molecule has 0 atom stereocenters. The summed E-state index contributed by atoms with van der Waals surface area (Å²) in [6.45, 7) is 3.21. The van der Waals surface area contributed by atoms with Crippen LogP contribution in [0.5, 0.6) is 0 Å². The number of nitrogens with one attached hydrogen (secondary N) is 1. The van der Waals surface area contributed by atoms with Crippen molar-refractivity contribution in [3.05, 3.63) is 29.8 Å². The molecule has 1 rings (SSSR count). The van der Waals surface area contributed by atoms with Crippen LogP contribution in [-0.2, 0) is 11.2 Å². The van der Waals surface area contributed by atoms with E-state index >= 15 is 0 Å². The van der Waals surface area contributed by atoms with Gasteiger partial charge >= 0.3 is 5.97 Å². The molecule has 0 spiro atoms. The first-order valence-electron chi connectivity index (χ1n) is 6.77. The fourth-order valence-electron chi connectivity index (χ4n) is 1.88. The molecule has 0 bridgehead atoms. The summed E-state index contributed by atoms with van der Waals surface area (Å²) < 4.78 is 0. The molecule has 1 aromatic rings. The van der Waals surface area contributed by atoms with Gasteiger partial charge in [-0.2, -0.15) is 0 Å². The Kier molecular flexibility index (Phi) is 6.92. The first-order valence-corrected chi connectivity index (χ1v) is 6.77. The van der Waals surface area contributed by atoms with Gasteiger partial charge in [0.2, 0.25) is 0 Å². The molecule has 2 N–H and O–H groups in total. The molecule has 3 heteroatoms. The van der Waals surface area contributed by atoms with Crippen LogP contribution in [0.2, 0.25) is 0 Å². The number of benzene rings is 1. The molecule has 0 saturated heterocycles. The maximum Gasteiger partial charge on any atom is 0.307 e. The van der Waals surface area contributed by atoms with Gasteiger partial charge < -0.3 is 10.4 Å². The van der Waals surface area contributed by atoms with Crippen molar-refractivity contribution in [2.24, 2.45) is 0 Å². The van der Waals surface area contributed by atoms with Crippen LogP contribution < -0.4 is 5.32 Å². The van der Waals surface area contributed by atoms with Crippen LogP contribution in [0.15, 0.2) is 24.3 Å². The lowest BCUT2D eigenvalue weighted by Gasteiger charge is -2.07. The molecule has 0 amide bonds. The molecule has 3 nitrogen and oxygen atoms in total. The second-order valence-corrected chi connectivity index (χ2v) is 4.61. The highest BCUT2D eigenvalue weighted by Crippen LogP contribution is 2.11. The van der Waals surface area contributed by atoms with Gasteiger partial charge in [0.1, 0.15) is 0 Å². The van der Waals surface area contributed by atoms with Gasteiger partial charge in [0.25, 0.3) is 0 Å². The van der Waals surface area contributed by atoms with Crippen LogP contribution in [0.1, 0.15) is 44.6 Å². The van der Waals surface area contributed by atoms with E-state index in [1.54, 1.807) is 0 Å². The molecule has 100 valence electrons. The molecule has 1 aromatic carbocycles. The molecule has 0 aliphatic carbocycles. The van der Waals surface area contributed by atoms with Crippen molar-refractivity contribution >= 4 is 11.7 Å². The first-order chi connectivity index (χ1) is 8.72. The summed E-state index contributed by atoms with van der Waals surface area (Å²) in [6.07, 6.45) is 6.48. The summed E-state index contributed by atoms with van der Waals surface area (Å²) in [5.74, 6) is -0.786. The third-order valence-corrected chi connectivity index (χ3v) is 2.92. The number of unbranched alkanes of at least 4 members (excludes halogenated alkanes) is 4. The lowest BCUT2D eigenvalue weighted by molar-refractivity contribution is -0.136. The Balaban J connectivity index is 2.20. The number of rotatable bonds is 9. The summed E-state index contributed by atoms with van der Waals surface area (Å²) in [4.78, 5) is 10.5. The monoisotopic (exact) mass is 249 g/mol. The van der Waals surface area contributed by atoms with Gasteiger partial charge in [0.15, 0.2) is 0 Å². The summed E-state index contributed by atoms with van der Waals surface area (Å²) in [6, 6.07) is 7.63. The third-order valence-electron chi connectivity index (χ3n) is 2.92. The minimum Gasteiger partial charge on any atom is -0.481 e. The summed E-state index contributed by atoms with van der Waals surface area (Å²) in [5.41, 5.74) is 1.91. The molecule has 18 heavy (non-hydrogen) atoms.